The van der Waals surface area contributed by atoms with Crippen molar-refractivity contribution in [2.24, 2.45) is 5.73 Å². The molecule has 0 unspecified atom stereocenters. The summed E-state index contributed by atoms with van der Waals surface area (Å²) in [7, 11) is 0. The molecule has 0 radical (unpaired) electrons. The number of hydrogen-bond acceptors (Lipinski definition) is 6. The second-order valence-electron chi connectivity index (χ2n) is 7.30. The molecule has 2 amide bonds. The average Bonchev–Trinajstić information content (AvgIpc) is 3.37. The second-order valence-corrected chi connectivity index (χ2v) is 7.83. The summed E-state index contributed by atoms with van der Waals surface area (Å²) >= 11 is 1.16. The number of nitrogens with zero attached hydrogens (tertiary/aromatic N) is 3. The van der Waals surface area contributed by atoms with Crippen LogP contribution in [0.4, 0.5) is 11.4 Å². The third-order valence-corrected chi connectivity index (χ3v) is 6.15. The van der Waals surface area contributed by atoms with Gasteiger partial charge >= 0.3 is 0 Å². The van der Waals surface area contributed by atoms with Crippen LogP contribution < -0.4 is 16.0 Å². The molecule has 3 aromatic rings. The molecule has 2 aromatic carbocycles. The average molecular weight is 393 g/mol. The van der Waals surface area contributed by atoms with Crippen molar-refractivity contribution in [3.8, 4) is 0 Å². The molecule has 28 heavy (non-hydrogen) atoms. The Morgan fingerprint density at radius 1 is 1.18 bits per heavy atom. The molecule has 3 N–H and O–H groups in total. The molecule has 0 bridgehead atoms. The smallest absolute Gasteiger partial charge is 0.250 e. The molecule has 0 spiro atoms. The Kier molecular flexibility index (Phi) is 4.01. The number of nitrogens with two attached hydrogens (primary N) is 1. The molecule has 7 nitrogen and oxygen atoms in total. The van der Waals surface area contributed by atoms with E-state index in [1.165, 1.54) is 0 Å². The summed E-state index contributed by atoms with van der Waals surface area (Å²) in [6, 6.07) is 9.59. The van der Waals surface area contributed by atoms with Gasteiger partial charge in [-0.1, -0.05) is 12.1 Å². The van der Waals surface area contributed by atoms with Crippen LogP contribution in [0, 0.1) is 0 Å². The number of carbonyl (C=O) groups is 2. The van der Waals surface area contributed by atoms with Crippen LogP contribution in [0.3, 0.4) is 0 Å². The molecule has 5 rings (SSSR count). The molecule has 142 valence electrons. The lowest BCUT2D eigenvalue weighted by Crippen LogP contribution is -2.27. The first-order chi connectivity index (χ1) is 13.6. The van der Waals surface area contributed by atoms with E-state index in [2.05, 4.69) is 19.0 Å². The Hall–Kier alpha value is -3.00. The monoisotopic (exact) mass is 393 g/mol. The van der Waals surface area contributed by atoms with Crippen LogP contribution in [-0.4, -0.2) is 33.7 Å². The zero-order valence-electron chi connectivity index (χ0n) is 15.1. The van der Waals surface area contributed by atoms with Gasteiger partial charge in [-0.3, -0.25) is 9.59 Å². The summed E-state index contributed by atoms with van der Waals surface area (Å²) in [5.74, 6) is -0.687. The van der Waals surface area contributed by atoms with Gasteiger partial charge < -0.3 is 16.0 Å². The molecule has 0 aliphatic carbocycles. The summed E-state index contributed by atoms with van der Waals surface area (Å²) in [6.45, 7) is 1.78. The SMILES string of the molecule is NC(=O)c1cc2c(cc1N1CCCC1)NC(=O)C[C@H]2c1cccc2nsnc12. The van der Waals surface area contributed by atoms with Crippen molar-refractivity contribution in [2.75, 3.05) is 23.3 Å². The van der Waals surface area contributed by atoms with E-state index in [-0.39, 0.29) is 11.8 Å². The van der Waals surface area contributed by atoms with E-state index in [4.69, 9.17) is 5.73 Å². The van der Waals surface area contributed by atoms with E-state index in [1.54, 1.807) is 0 Å². The zero-order valence-corrected chi connectivity index (χ0v) is 16.0. The van der Waals surface area contributed by atoms with Crippen molar-refractivity contribution < 1.29 is 9.59 Å². The normalized spacial score (nSPS) is 18.9. The predicted octanol–water partition coefficient (Wildman–Crippen LogP) is 2.86. The number of nitrogens with one attached hydrogen (secondary N) is 1. The van der Waals surface area contributed by atoms with Gasteiger partial charge in [0.25, 0.3) is 5.91 Å². The summed E-state index contributed by atoms with van der Waals surface area (Å²) in [5.41, 5.74) is 11.3. The van der Waals surface area contributed by atoms with Crippen molar-refractivity contribution in [3.63, 3.8) is 0 Å². The van der Waals surface area contributed by atoms with Gasteiger partial charge in [-0.25, -0.2) is 0 Å². The number of amides is 2. The van der Waals surface area contributed by atoms with Gasteiger partial charge in [-0.05, 0) is 42.2 Å². The summed E-state index contributed by atoms with van der Waals surface area (Å²) in [4.78, 5) is 26.9. The fraction of sp³-hybridized carbons (Fsp3) is 0.300. The third-order valence-electron chi connectivity index (χ3n) is 5.61. The van der Waals surface area contributed by atoms with Crippen molar-refractivity contribution in [2.45, 2.75) is 25.2 Å². The standard InChI is InChI=1S/C20H19N5O2S/c21-20(27)14-8-13-12(11-4-3-5-15-19(11)24-28-23-15)9-18(26)22-16(13)10-17(14)25-6-1-2-7-25/h3-5,8,10,12H,1-2,6-7,9H2,(H2,21,27)(H,22,26)/t12-/m0/s1. The fourth-order valence-electron chi connectivity index (χ4n) is 4.30. The highest BCUT2D eigenvalue weighted by Crippen LogP contribution is 2.42. The quantitative estimate of drug-likeness (QED) is 0.712. The van der Waals surface area contributed by atoms with Crippen LogP contribution in [0.15, 0.2) is 30.3 Å². The second kappa shape index (κ2) is 6.56. The van der Waals surface area contributed by atoms with E-state index in [9.17, 15) is 9.59 Å². The van der Waals surface area contributed by atoms with Gasteiger partial charge in [-0.15, -0.1) is 0 Å². The molecule has 2 aliphatic rings. The van der Waals surface area contributed by atoms with E-state index >= 15 is 0 Å². The Morgan fingerprint density at radius 3 is 2.79 bits per heavy atom. The topological polar surface area (TPSA) is 101 Å². The maximum Gasteiger partial charge on any atom is 0.250 e. The Labute approximate surface area is 165 Å². The number of carbonyl (C=O) groups excluding carboxylic acids is 2. The van der Waals surface area contributed by atoms with E-state index < -0.39 is 5.91 Å². The van der Waals surface area contributed by atoms with Gasteiger partial charge in [0.1, 0.15) is 11.0 Å². The first-order valence-electron chi connectivity index (χ1n) is 9.35. The number of hydrogen-bond donors (Lipinski definition) is 2. The summed E-state index contributed by atoms with van der Waals surface area (Å²) in [6.07, 6.45) is 2.47. The summed E-state index contributed by atoms with van der Waals surface area (Å²) in [5, 5.41) is 2.98. The number of primary amides is 1. The minimum atomic E-state index is -0.450. The highest BCUT2D eigenvalue weighted by Gasteiger charge is 2.31. The molecule has 1 atom stereocenters. The van der Waals surface area contributed by atoms with E-state index in [0.717, 1.165) is 71.2 Å². The van der Waals surface area contributed by atoms with Crippen LogP contribution in [0.1, 0.15) is 46.7 Å². The fourth-order valence-corrected chi connectivity index (χ4v) is 4.86. The molecule has 0 saturated carbocycles. The molecule has 2 aliphatic heterocycles. The largest absolute Gasteiger partial charge is 0.371 e. The lowest BCUT2D eigenvalue weighted by atomic mass is 9.83. The van der Waals surface area contributed by atoms with Crippen LogP contribution in [0.2, 0.25) is 0 Å². The van der Waals surface area contributed by atoms with Crippen LogP contribution >= 0.6 is 11.7 Å². The lowest BCUT2D eigenvalue weighted by Gasteiger charge is -2.29. The number of rotatable bonds is 3. The van der Waals surface area contributed by atoms with Crippen molar-refractivity contribution >= 4 is 46.0 Å². The van der Waals surface area contributed by atoms with E-state index in [1.807, 2.05) is 30.3 Å². The maximum atomic E-state index is 12.5. The van der Waals surface area contributed by atoms with Gasteiger partial charge in [0, 0.05) is 31.1 Å². The lowest BCUT2D eigenvalue weighted by molar-refractivity contribution is -0.116. The maximum absolute atomic E-state index is 12.5. The van der Waals surface area contributed by atoms with E-state index in [0.29, 0.717) is 12.0 Å². The number of benzene rings is 2. The highest BCUT2D eigenvalue weighted by molar-refractivity contribution is 7.00. The molecule has 1 fully saturated rings. The summed E-state index contributed by atoms with van der Waals surface area (Å²) < 4.78 is 8.74. The number of aromatic nitrogens is 2. The Morgan fingerprint density at radius 2 is 2.00 bits per heavy atom. The minimum absolute atomic E-state index is 0.0445. The Balaban J connectivity index is 1.69. The highest BCUT2D eigenvalue weighted by atomic mass is 32.1. The minimum Gasteiger partial charge on any atom is -0.371 e. The van der Waals surface area contributed by atoms with Crippen molar-refractivity contribution in [1.82, 2.24) is 8.75 Å². The van der Waals surface area contributed by atoms with Crippen LogP contribution in [-0.2, 0) is 4.79 Å². The molecular weight excluding hydrogens is 374 g/mol. The number of anilines is 2. The van der Waals surface area contributed by atoms with Gasteiger partial charge in [0.15, 0.2) is 0 Å². The first-order valence-corrected chi connectivity index (χ1v) is 10.1. The van der Waals surface area contributed by atoms with Gasteiger partial charge in [0.2, 0.25) is 5.91 Å². The van der Waals surface area contributed by atoms with Gasteiger partial charge in [-0.2, -0.15) is 8.75 Å². The van der Waals surface area contributed by atoms with Crippen LogP contribution in [0.25, 0.3) is 11.0 Å². The predicted molar refractivity (Wildman–Crippen MR) is 109 cm³/mol. The first kappa shape index (κ1) is 17.1. The van der Waals surface area contributed by atoms with Crippen molar-refractivity contribution in [1.29, 1.82) is 0 Å². The zero-order chi connectivity index (χ0) is 19.3. The molecular formula is C20H19N5O2S. The molecule has 1 aromatic heterocycles. The number of fused-ring (bicyclic) bond motifs is 2. The molecule has 3 heterocycles. The van der Waals surface area contributed by atoms with Gasteiger partial charge in [0.05, 0.1) is 23.0 Å². The van der Waals surface area contributed by atoms with Crippen molar-refractivity contribution in [3.05, 3.63) is 47.0 Å². The molecule has 8 heteroatoms. The molecule has 1 saturated heterocycles. The van der Waals surface area contributed by atoms with Crippen LogP contribution in [0.5, 0.6) is 0 Å². The Bertz CT molecular complexity index is 1100. The third kappa shape index (κ3) is 2.72.